The Labute approximate surface area is 109 Å². The molecule has 2 rings (SSSR count). The molecule has 0 bridgehead atoms. The summed E-state index contributed by atoms with van der Waals surface area (Å²) >= 11 is 0. The summed E-state index contributed by atoms with van der Waals surface area (Å²) in [6, 6.07) is 4.83. The van der Waals surface area contributed by atoms with E-state index in [1.54, 1.807) is 0 Å². The number of hydrogen-bond acceptors (Lipinski definition) is 1. The minimum Gasteiger partial charge on any atom is -0.375 e. The molecule has 1 radical (unpaired) electrons. The summed E-state index contributed by atoms with van der Waals surface area (Å²) in [5.41, 5.74) is -2.52. The molecule has 0 aliphatic carbocycles. The molecule has 0 amide bonds. The van der Waals surface area contributed by atoms with Crippen molar-refractivity contribution in [3.63, 3.8) is 0 Å². The summed E-state index contributed by atoms with van der Waals surface area (Å²) < 4.78 is 76.6. The van der Waals surface area contributed by atoms with Crippen LogP contribution >= 0.6 is 0 Å². The van der Waals surface area contributed by atoms with Crippen molar-refractivity contribution < 1.29 is 31.2 Å². The summed E-state index contributed by atoms with van der Waals surface area (Å²) in [4.78, 5) is 4.78. The quantitative estimate of drug-likeness (QED) is 0.758. The third-order valence-electron chi connectivity index (χ3n) is 2.34. The van der Waals surface area contributed by atoms with Gasteiger partial charge in [-0.3, -0.25) is 0 Å². The van der Waals surface area contributed by atoms with Crippen molar-refractivity contribution in [3.8, 4) is 5.75 Å². The third-order valence-corrected chi connectivity index (χ3v) is 2.34. The minimum atomic E-state index is -4.82. The highest BCUT2D eigenvalue weighted by Gasteiger charge is 2.38. The first-order valence-corrected chi connectivity index (χ1v) is 5.19. The van der Waals surface area contributed by atoms with E-state index in [1.165, 1.54) is 12.3 Å². The van der Waals surface area contributed by atoms with Gasteiger partial charge in [0, 0.05) is 12.3 Å². The zero-order valence-corrected chi connectivity index (χ0v) is 9.59. The molecule has 0 atom stereocenters. The first-order valence-electron chi connectivity index (χ1n) is 5.19. The maximum atomic E-state index is 12.7. The van der Waals surface area contributed by atoms with E-state index in [0.29, 0.717) is 18.2 Å². The Morgan fingerprint density at radius 3 is 2.20 bits per heavy atom. The van der Waals surface area contributed by atoms with Crippen LogP contribution in [0.2, 0.25) is 0 Å². The van der Waals surface area contributed by atoms with Gasteiger partial charge in [0.05, 0.1) is 11.8 Å². The van der Waals surface area contributed by atoms with Gasteiger partial charge in [-0.2, -0.15) is 31.1 Å². The van der Waals surface area contributed by atoms with Gasteiger partial charge >= 0.3 is 12.4 Å². The molecule has 0 fully saturated rings. The van der Waals surface area contributed by atoms with E-state index in [0.717, 1.165) is 10.9 Å². The second-order valence-electron chi connectivity index (χ2n) is 3.77. The molecule has 1 aromatic heterocycles. The van der Waals surface area contributed by atoms with Crippen LogP contribution in [0, 0.1) is 6.07 Å². The Morgan fingerprint density at radius 1 is 1.00 bits per heavy atom. The molecule has 1 aromatic carbocycles. The predicted molar refractivity (Wildman–Crippen MR) is 55.7 cm³/mol. The van der Waals surface area contributed by atoms with Crippen LogP contribution in [0.1, 0.15) is 11.1 Å². The molecule has 20 heavy (non-hydrogen) atoms. The molecule has 0 aliphatic rings. The van der Waals surface area contributed by atoms with Crippen LogP contribution in [-0.2, 0) is 12.4 Å². The molecular weight excluding hydrogens is 288 g/mol. The lowest BCUT2D eigenvalue weighted by atomic mass is 10.1. The summed E-state index contributed by atoms with van der Waals surface area (Å²) in [6.07, 6.45) is -7.23. The molecule has 0 aliphatic heterocycles. The number of nitrogens with zero attached hydrogens (tertiary/aromatic N) is 1. The minimum absolute atomic E-state index is 0.308. The van der Waals surface area contributed by atoms with Gasteiger partial charge in [0.15, 0.2) is 5.75 Å². The van der Waals surface area contributed by atoms with Crippen LogP contribution in [0.15, 0.2) is 36.7 Å². The lowest BCUT2D eigenvalue weighted by Crippen LogP contribution is -2.13. The molecule has 2 aromatic rings. The smallest absolute Gasteiger partial charge is 0.375 e. The van der Waals surface area contributed by atoms with E-state index in [-0.39, 0.29) is 0 Å². The number of halogens is 6. The normalized spacial score (nSPS) is 12.5. The number of benzene rings is 1. The van der Waals surface area contributed by atoms with Gasteiger partial charge in [0.1, 0.15) is 5.56 Å². The molecule has 0 N–H and O–H groups in total. The summed E-state index contributed by atoms with van der Waals surface area (Å²) in [7, 11) is 0. The van der Waals surface area contributed by atoms with Gasteiger partial charge in [-0.15, -0.1) is 0 Å². The lowest BCUT2D eigenvalue weighted by Gasteiger charge is -2.16. The number of alkyl halides is 6. The van der Waals surface area contributed by atoms with Crippen molar-refractivity contribution in [3.05, 3.63) is 53.9 Å². The van der Waals surface area contributed by atoms with Crippen LogP contribution < -0.4 is 4.84 Å². The average Bonchev–Trinajstić information content (AvgIpc) is 2.79. The maximum absolute atomic E-state index is 12.7. The van der Waals surface area contributed by atoms with Crippen molar-refractivity contribution >= 4 is 0 Å². The first-order chi connectivity index (χ1) is 9.18. The second kappa shape index (κ2) is 4.77. The highest BCUT2D eigenvalue weighted by molar-refractivity contribution is 5.40. The van der Waals surface area contributed by atoms with E-state index in [9.17, 15) is 26.3 Å². The van der Waals surface area contributed by atoms with Crippen LogP contribution in [0.3, 0.4) is 0 Å². The van der Waals surface area contributed by atoms with Crippen molar-refractivity contribution in [2.45, 2.75) is 12.4 Å². The number of hydrogen-bond donors (Lipinski definition) is 0. The van der Waals surface area contributed by atoms with Crippen molar-refractivity contribution in [2.75, 3.05) is 0 Å². The molecule has 107 valence electrons. The highest BCUT2D eigenvalue weighted by Crippen LogP contribution is 2.40. The fraction of sp³-hybridized carbons (Fsp3) is 0.167. The number of aromatic nitrogens is 1. The maximum Gasteiger partial charge on any atom is 0.420 e. The Bertz CT molecular complexity index is 585. The summed E-state index contributed by atoms with van der Waals surface area (Å²) in [5.74, 6) is -0.933. The van der Waals surface area contributed by atoms with Crippen molar-refractivity contribution in [1.29, 1.82) is 0 Å². The van der Waals surface area contributed by atoms with Crippen molar-refractivity contribution in [1.82, 2.24) is 4.73 Å². The fourth-order valence-corrected chi connectivity index (χ4v) is 1.45. The van der Waals surface area contributed by atoms with Gasteiger partial charge < -0.3 is 4.84 Å². The monoisotopic (exact) mass is 294 g/mol. The van der Waals surface area contributed by atoms with Crippen LogP contribution in [0.25, 0.3) is 0 Å². The Hall–Kier alpha value is -2.12. The molecule has 0 spiro atoms. The molecule has 0 saturated carbocycles. The zero-order chi connectivity index (χ0) is 15.0. The molecular formula is C12H6F6NO. The molecule has 0 unspecified atom stereocenters. The summed E-state index contributed by atoms with van der Waals surface area (Å²) in [5, 5.41) is 0. The molecule has 2 nitrogen and oxygen atoms in total. The Balaban J connectivity index is 2.48. The fourth-order valence-electron chi connectivity index (χ4n) is 1.45. The van der Waals surface area contributed by atoms with Gasteiger partial charge in [-0.05, 0) is 24.3 Å². The second-order valence-corrected chi connectivity index (χ2v) is 3.77. The van der Waals surface area contributed by atoms with Gasteiger partial charge in [0.2, 0.25) is 0 Å². The number of rotatable bonds is 2. The van der Waals surface area contributed by atoms with E-state index >= 15 is 0 Å². The van der Waals surface area contributed by atoms with E-state index in [1.807, 2.05) is 0 Å². The van der Waals surface area contributed by atoms with E-state index in [4.69, 9.17) is 4.84 Å². The zero-order valence-electron chi connectivity index (χ0n) is 9.59. The SMILES string of the molecule is FC(F)(F)c1ccc(C(F)(F)F)c(On2c[c]cc2)c1. The largest absolute Gasteiger partial charge is 0.420 e. The van der Waals surface area contributed by atoms with E-state index in [2.05, 4.69) is 6.07 Å². The highest BCUT2D eigenvalue weighted by atomic mass is 19.4. The van der Waals surface area contributed by atoms with Crippen molar-refractivity contribution in [2.24, 2.45) is 0 Å². The third kappa shape index (κ3) is 3.06. The van der Waals surface area contributed by atoms with Gasteiger partial charge in [-0.25, -0.2) is 0 Å². The summed E-state index contributed by atoms with van der Waals surface area (Å²) in [6.45, 7) is 0. The average molecular weight is 294 g/mol. The first kappa shape index (κ1) is 14.3. The van der Waals surface area contributed by atoms with Gasteiger partial charge in [-0.1, -0.05) is 0 Å². The van der Waals surface area contributed by atoms with Crippen LogP contribution in [0.5, 0.6) is 5.75 Å². The molecule has 0 saturated heterocycles. The molecule has 8 heteroatoms. The Morgan fingerprint density at radius 2 is 1.70 bits per heavy atom. The van der Waals surface area contributed by atoms with Crippen LogP contribution in [0.4, 0.5) is 26.3 Å². The lowest BCUT2D eigenvalue weighted by molar-refractivity contribution is -0.142. The standard InChI is InChI=1S/C12H6F6NO/c13-11(14,15)8-3-4-9(12(16,17)18)10(7-8)20-19-5-1-2-6-19/h1,3-7H. The van der Waals surface area contributed by atoms with E-state index < -0.39 is 29.2 Å². The van der Waals surface area contributed by atoms with Gasteiger partial charge in [0.25, 0.3) is 0 Å². The van der Waals surface area contributed by atoms with Crippen LogP contribution in [-0.4, -0.2) is 4.73 Å². The Kier molecular flexibility index (Phi) is 3.41. The molecule has 1 heterocycles. The topological polar surface area (TPSA) is 14.2 Å². The predicted octanol–water partition coefficient (Wildman–Crippen LogP) is 4.17.